The summed E-state index contributed by atoms with van der Waals surface area (Å²) in [6.07, 6.45) is 1.07. The first kappa shape index (κ1) is 16.5. The van der Waals surface area contributed by atoms with Gasteiger partial charge in [-0.15, -0.1) is 0 Å². The quantitative estimate of drug-likeness (QED) is 0.692. The highest BCUT2D eigenvalue weighted by Gasteiger charge is 2.10. The topological polar surface area (TPSA) is 12.0 Å². The van der Waals surface area contributed by atoms with Crippen LogP contribution in [0.25, 0.3) is 0 Å². The first-order chi connectivity index (χ1) is 10.1. The highest BCUT2D eigenvalue weighted by atomic mass is 79.9. The summed E-state index contributed by atoms with van der Waals surface area (Å²) in [5, 5.41) is 3.37. The van der Waals surface area contributed by atoms with E-state index in [0.29, 0.717) is 4.90 Å². The fraction of sp³-hybridized carbons (Fsp3) is 0.294. The molecule has 0 amide bonds. The minimum Gasteiger partial charge on any atom is -0.310 e. The number of nitrogens with one attached hydrogen (secondary N) is 1. The maximum absolute atomic E-state index is 14.3. The van der Waals surface area contributed by atoms with Crippen molar-refractivity contribution in [2.24, 2.45) is 0 Å². The Bertz CT molecular complexity index is 603. The Morgan fingerprint density at radius 3 is 2.62 bits per heavy atom. The smallest absolute Gasteiger partial charge is 0.137 e. The van der Waals surface area contributed by atoms with E-state index in [1.165, 1.54) is 11.8 Å². The van der Waals surface area contributed by atoms with Gasteiger partial charge in [-0.25, -0.2) is 4.39 Å². The summed E-state index contributed by atoms with van der Waals surface area (Å²) < 4.78 is 15.3. The molecular weight excluding hydrogens is 349 g/mol. The third-order valence-corrected chi connectivity index (χ3v) is 5.29. The summed E-state index contributed by atoms with van der Waals surface area (Å²) in [4.78, 5) is 1.66. The molecule has 1 N–H and O–H groups in total. The molecule has 0 aliphatic carbocycles. The van der Waals surface area contributed by atoms with Gasteiger partial charge in [0.1, 0.15) is 5.82 Å². The van der Waals surface area contributed by atoms with Gasteiger partial charge in [0.15, 0.2) is 0 Å². The molecule has 0 aliphatic heterocycles. The lowest BCUT2D eigenvalue weighted by Crippen LogP contribution is -2.19. The highest BCUT2D eigenvalue weighted by Crippen LogP contribution is 2.35. The van der Waals surface area contributed by atoms with Crippen LogP contribution in [-0.4, -0.2) is 6.54 Å². The predicted octanol–water partition coefficient (Wildman–Crippen LogP) is 5.80. The third-order valence-electron chi connectivity index (χ3n) is 3.21. The molecule has 2 rings (SSSR count). The van der Waals surface area contributed by atoms with E-state index in [1.54, 1.807) is 6.07 Å². The number of rotatable bonds is 6. The van der Waals surface area contributed by atoms with Crippen LogP contribution < -0.4 is 5.32 Å². The van der Waals surface area contributed by atoms with E-state index in [4.69, 9.17) is 0 Å². The molecule has 4 heteroatoms. The Balaban J connectivity index is 2.14. The third kappa shape index (κ3) is 4.56. The van der Waals surface area contributed by atoms with Crippen molar-refractivity contribution in [2.75, 3.05) is 6.54 Å². The van der Waals surface area contributed by atoms with E-state index in [0.717, 1.165) is 27.9 Å². The summed E-state index contributed by atoms with van der Waals surface area (Å²) in [6.45, 7) is 5.12. The Hall–Kier alpha value is -0.840. The van der Waals surface area contributed by atoms with Crippen LogP contribution in [0.1, 0.15) is 31.9 Å². The normalized spacial score (nSPS) is 12.4. The summed E-state index contributed by atoms with van der Waals surface area (Å²) in [6, 6.07) is 13.5. The minimum atomic E-state index is -0.168. The van der Waals surface area contributed by atoms with Gasteiger partial charge in [0.05, 0.1) is 0 Å². The summed E-state index contributed by atoms with van der Waals surface area (Å²) in [5.41, 5.74) is 0.984. The predicted molar refractivity (Wildman–Crippen MR) is 91.4 cm³/mol. The SMILES string of the molecule is CCCNC(C)c1ccc(Sc2ccccc2Br)c(F)c1. The van der Waals surface area contributed by atoms with Crippen LogP contribution in [0.15, 0.2) is 56.7 Å². The molecule has 0 heterocycles. The van der Waals surface area contributed by atoms with E-state index >= 15 is 0 Å². The van der Waals surface area contributed by atoms with Crippen molar-refractivity contribution < 1.29 is 4.39 Å². The van der Waals surface area contributed by atoms with Crippen LogP contribution in [0.4, 0.5) is 4.39 Å². The molecule has 1 unspecified atom stereocenters. The lowest BCUT2D eigenvalue weighted by molar-refractivity contribution is 0.556. The van der Waals surface area contributed by atoms with E-state index in [9.17, 15) is 4.39 Å². The molecule has 1 nitrogen and oxygen atoms in total. The van der Waals surface area contributed by atoms with Crippen molar-refractivity contribution in [3.63, 3.8) is 0 Å². The molecule has 0 saturated heterocycles. The number of hydrogen-bond donors (Lipinski definition) is 1. The average molecular weight is 368 g/mol. The number of benzene rings is 2. The van der Waals surface area contributed by atoms with Crippen molar-refractivity contribution in [3.8, 4) is 0 Å². The fourth-order valence-corrected chi connectivity index (χ4v) is 3.36. The molecule has 0 saturated carbocycles. The Morgan fingerprint density at radius 2 is 1.95 bits per heavy atom. The molecule has 2 aromatic carbocycles. The fourth-order valence-electron chi connectivity index (χ4n) is 1.99. The van der Waals surface area contributed by atoms with Crippen molar-refractivity contribution >= 4 is 27.7 Å². The molecule has 2 aromatic rings. The molecule has 0 aliphatic rings. The zero-order chi connectivity index (χ0) is 15.2. The monoisotopic (exact) mass is 367 g/mol. The van der Waals surface area contributed by atoms with E-state index in [1.807, 2.05) is 36.4 Å². The second kappa shape index (κ2) is 7.97. The average Bonchev–Trinajstić information content (AvgIpc) is 2.49. The lowest BCUT2D eigenvalue weighted by Gasteiger charge is -2.14. The van der Waals surface area contributed by atoms with Gasteiger partial charge in [-0.3, -0.25) is 0 Å². The minimum absolute atomic E-state index is 0.168. The summed E-state index contributed by atoms with van der Waals surface area (Å²) in [7, 11) is 0. The second-order valence-corrected chi connectivity index (χ2v) is 6.84. The van der Waals surface area contributed by atoms with E-state index < -0.39 is 0 Å². The molecule has 21 heavy (non-hydrogen) atoms. The maximum atomic E-state index is 14.3. The van der Waals surface area contributed by atoms with Gasteiger partial charge in [0.25, 0.3) is 0 Å². The van der Waals surface area contributed by atoms with Crippen molar-refractivity contribution in [1.82, 2.24) is 5.32 Å². The maximum Gasteiger partial charge on any atom is 0.137 e. The van der Waals surface area contributed by atoms with E-state index in [2.05, 4.69) is 35.1 Å². The zero-order valence-corrected chi connectivity index (χ0v) is 14.6. The number of hydrogen-bond acceptors (Lipinski definition) is 2. The van der Waals surface area contributed by atoms with Crippen molar-refractivity contribution in [3.05, 3.63) is 58.3 Å². The standard InChI is InChI=1S/C17H19BrFNS/c1-3-10-20-12(2)13-8-9-17(15(19)11-13)21-16-7-5-4-6-14(16)18/h4-9,11-12,20H,3,10H2,1-2H3. The molecule has 0 aromatic heterocycles. The summed E-state index contributed by atoms with van der Waals surface area (Å²) >= 11 is 4.93. The number of halogens is 2. The van der Waals surface area contributed by atoms with Crippen LogP contribution in [0.3, 0.4) is 0 Å². The molecule has 0 fully saturated rings. The van der Waals surface area contributed by atoms with Gasteiger partial charge in [0.2, 0.25) is 0 Å². The summed E-state index contributed by atoms with van der Waals surface area (Å²) in [5.74, 6) is -0.168. The van der Waals surface area contributed by atoms with Crippen LogP contribution in [0, 0.1) is 5.82 Å². The second-order valence-electron chi connectivity index (χ2n) is 4.90. The van der Waals surface area contributed by atoms with Crippen LogP contribution >= 0.6 is 27.7 Å². The largest absolute Gasteiger partial charge is 0.310 e. The van der Waals surface area contributed by atoms with Gasteiger partial charge in [0, 0.05) is 20.3 Å². The molecule has 112 valence electrons. The van der Waals surface area contributed by atoms with E-state index in [-0.39, 0.29) is 11.9 Å². The first-order valence-corrected chi connectivity index (χ1v) is 8.68. The van der Waals surface area contributed by atoms with Gasteiger partial charge in [-0.05, 0) is 65.6 Å². The van der Waals surface area contributed by atoms with Gasteiger partial charge in [-0.1, -0.05) is 36.9 Å². The molecule has 0 bridgehead atoms. The molecule has 0 radical (unpaired) electrons. The first-order valence-electron chi connectivity index (χ1n) is 7.07. The Morgan fingerprint density at radius 1 is 1.19 bits per heavy atom. The zero-order valence-electron chi connectivity index (χ0n) is 12.2. The van der Waals surface area contributed by atoms with Gasteiger partial charge in [-0.2, -0.15) is 0 Å². The van der Waals surface area contributed by atoms with Crippen molar-refractivity contribution in [1.29, 1.82) is 0 Å². The van der Waals surface area contributed by atoms with Crippen LogP contribution in [-0.2, 0) is 0 Å². The Kier molecular flexibility index (Phi) is 6.27. The lowest BCUT2D eigenvalue weighted by atomic mass is 10.1. The van der Waals surface area contributed by atoms with Gasteiger partial charge >= 0.3 is 0 Å². The van der Waals surface area contributed by atoms with Crippen LogP contribution in [0.5, 0.6) is 0 Å². The van der Waals surface area contributed by atoms with Crippen LogP contribution in [0.2, 0.25) is 0 Å². The van der Waals surface area contributed by atoms with Crippen molar-refractivity contribution in [2.45, 2.75) is 36.1 Å². The highest BCUT2D eigenvalue weighted by molar-refractivity contribution is 9.10. The molecular formula is C17H19BrFNS. The Labute approximate surface area is 138 Å². The van der Waals surface area contributed by atoms with Gasteiger partial charge < -0.3 is 5.32 Å². The molecule has 1 atom stereocenters. The molecule has 0 spiro atoms.